The number of hydrogen-bond acceptors (Lipinski definition) is 2. The first kappa shape index (κ1) is 14.5. The monoisotopic (exact) mass is 270 g/mol. The van der Waals surface area contributed by atoms with Crippen molar-refractivity contribution in [2.24, 2.45) is 0 Å². The highest BCUT2D eigenvalue weighted by atomic mass is 16.1. The summed E-state index contributed by atoms with van der Waals surface area (Å²) in [5.41, 5.74) is 3.37. The molecular formula is C17H22N2O. The Morgan fingerprint density at radius 1 is 1.10 bits per heavy atom. The third kappa shape index (κ3) is 3.17. The van der Waals surface area contributed by atoms with Gasteiger partial charge < -0.3 is 9.88 Å². The van der Waals surface area contributed by atoms with Crippen LogP contribution in [-0.2, 0) is 6.54 Å². The Morgan fingerprint density at radius 2 is 1.80 bits per heavy atom. The molecule has 3 nitrogen and oxygen atoms in total. The molecule has 0 spiro atoms. The molecule has 1 unspecified atom stereocenters. The van der Waals surface area contributed by atoms with E-state index in [-0.39, 0.29) is 11.6 Å². The van der Waals surface area contributed by atoms with E-state index in [1.54, 1.807) is 4.57 Å². The van der Waals surface area contributed by atoms with Crippen molar-refractivity contribution in [2.75, 3.05) is 6.54 Å². The maximum absolute atomic E-state index is 12.2. The van der Waals surface area contributed by atoms with E-state index in [2.05, 4.69) is 31.3 Å². The highest BCUT2D eigenvalue weighted by molar-refractivity contribution is 5.28. The van der Waals surface area contributed by atoms with Gasteiger partial charge in [-0.3, -0.25) is 4.79 Å². The number of nitrogens with one attached hydrogen (secondary N) is 1. The molecule has 0 saturated carbocycles. The van der Waals surface area contributed by atoms with Crippen molar-refractivity contribution in [1.82, 2.24) is 9.88 Å². The SMILES string of the molecule is CCNC(Cn1cccc(C)c1=O)c1ccccc1C. The van der Waals surface area contributed by atoms with Gasteiger partial charge in [0.05, 0.1) is 6.04 Å². The van der Waals surface area contributed by atoms with Crippen molar-refractivity contribution in [3.05, 3.63) is 69.6 Å². The van der Waals surface area contributed by atoms with Gasteiger partial charge in [0.25, 0.3) is 5.56 Å². The third-order valence-corrected chi connectivity index (χ3v) is 3.60. The summed E-state index contributed by atoms with van der Waals surface area (Å²) >= 11 is 0. The molecule has 0 fully saturated rings. The van der Waals surface area contributed by atoms with Crippen LogP contribution in [0.25, 0.3) is 0 Å². The zero-order valence-corrected chi connectivity index (χ0v) is 12.4. The fourth-order valence-corrected chi connectivity index (χ4v) is 2.49. The highest BCUT2D eigenvalue weighted by Gasteiger charge is 2.13. The molecular weight excluding hydrogens is 248 g/mol. The van der Waals surface area contributed by atoms with Crippen LogP contribution in [0.3, 0.4) is 0 Å². The lowest BCUT2D eigenvalue weighted by Gasteiger charge is -2.21. The smallest absolute Gasteiger partial charge is 0.253 e. The fraction of sp³-hybridized carbons (Fsp3) is 0.353. The molecule has 2 aromatic rings. The van der Waals surface area contributed by atoms with E-state index in [0.717, 1.165) is 12.1 Å². The van der Waals surface area contributed by atoms with Crippen molar-refractivity contribution in [1.29, 1.82) is 0 Å². The van der Waals surface area contributed by atoms with Gasteiger partial charge in [0, 0.05) is 18.3 Å². The number of rotatable bonds is 5. The summed E-state index contributed by atoms with van der Waals surface area (Å²) in [6.07, 6.45) is 1.86. The molecule has 0 aliphatic heterocycles. The van der Waals surface area contributed by atoms with Crippen LogP contribution in [0.5, 0.6) is 0 Å². The molecule has 0 amide bonds. The normalized spacial score (nSPS) is 12.3. The second kappa shape index (κ2) is 6.53. The van der Waals surface area contributed by atoms with Crippen LogP contribution in [0.4, 0.5) is 0 Å². The van der Waals surface area contributed by atoms with E-state index in [9.17, 15) is 4.79 Å². The van der Waals surface area contributed by atoms with Gasteiger partial charge >= 0.3 is 0 Å². The highest BCUT2D eigenvalue weighted by Crippen LogP contribution is 2.18. The molecule has 20 heavy (non-hydrogen) atoms. The van der Waals surface area contributed by atoms with Gasteiger partial charge in [0.1, 0.15) is 0 Å². The quantitative estimate of drug-likeness (QED) is 0.906. The Kier molecular flexibility index (Phi) is 4.74. The van der Waals surface area contributed by atoms with Crippen molar-refractivity contribution >= 4 is 0 Å². The van der Waals surface area contributed by atoms with E-state index < -0.39 is 0 Å². The van der Waals surface area contributed by atoms with Gasteiger partial charge in [-0.25, -0.2) is 0 Å². The van der Waals surface area contributed by atoms with Crippen LogP contribution in [-0.4, -0.2) is 11.1 Å². The predicted octanol–water partition coefficient (Wildman–Crippen LogP) is 2.82. The number of nitrogens with zero attached hydrogens (tertiary/aromatic N) is 1. The first-order valence-electron chi connectivity index (χ1n) is 7.08. The molecule has 0 aliphatic carbocycles. The second-order valence-corrected chi connectivity index (χ2v) is 5.12. The second-order valence-electron chi connectivity index (χ2n) is 5.12. The minimum atomic E-state index is 0.0870. The summed E-state index contributed by atoms with van der Waals surface area (Å²) in [7, 11) is 0. The number of hydrogen-bond donors (Lipinski definition) is 1. The van der Waals surface area contributed by atoms with Crippen molar-refractivity contribution in [3.8, 4) is 0 Å². The van der Waals surface area contributed by atoms with Crippen molar-refractivity contribution in [3.63, 3.8) is 0 Å². The third-order valence-electron chi connectivity index (χ3n) is 3.60. The van der Waals surface area contributed by atoms with Crippen LogP contribution in [0.15, 0.2) is 47.4 Å². The number of benzene rings is 1. The molecule has 1 atom stereocenters. The lowest BCUT2D eigenvalue weighted by molar-refractivity contribution is 0.464. The molecule has 1 aromatic heterocycles. The fourth-order valence-electron chi connectivity index (χ4n) is 2.49. The average Bonchev–Trinajstić information content (AvgIpc) is 2.44. The van der Waals surface area contributed by atoms with Crippen molar-refractivity contribution in [2.45, 2.75) is 33.4 Å². The maximum atomic E-state index is 12.2. The van der Waals surface area contributed by atoms with Gasteiger partial charge in [-0.05, 0) is 37.6 Å². The number of pyridine rings is 1. The lowest BCUT2D eigenvalue weighted by atomic mass is 10.0. The minimum Gasteiger partial charge on any atom is -0.313 e. The predicted molar refractivity (Wildman–Crippen MR) is 83.0 cm³/mol. The van der Waals surface area contributed by atoms with E-state index in [4.69, 9.17) is 0 Å². The molecule has 2 rings (SSSR count). The largest absolute Gasteiger partial charge is 0.313 e. The summed E-state index contributed by atoms with van der Waals surface area (Å²) in [6.45, 7) is 7.58. The van der Waals surface area contributed by atoms with Crippen molar-refractivity contribution < 1.29 is 0 Å². The summed E-state index contributed by atoms with van der Waals surface area (Å²) in [5, 5.41) is 3.48. The molecule has 0 bridgehead atoms. The number of aryl methyl sites for hydroxylation is 2. The van der Waals surface area contributed by atoms with Gasteiger partial charge in [-0.2, -0.15) is 0 Å². The molecule has 1 heterocycles. The summed E-state index contributed by atoms with van der Waals surface area (Å²) < 4.78 is 1.79. The summed E-state index contributed by atoms with van der Waals surface area (Å²) in [4.78, 5) is 12.2. The Hall–Kier alpha value is -1.87. The Balaban J connectivity index is 2.33. The molecule has 3 heteroatoms. The molecule has 1 aromatic carbocycles. The van der Waals surface area contributed by atoms with Gasteiger partial charge in [-0.15, -0.1) is 0 Å². The molecule has 0 radical (unpaired) electrons. The lowest BCUT2D eigenvalue weighted by Crippen LogP contribution is -2.31. The molecule has 0 saturated heterocycles. The summed E-state index contributed by atoms with van der Waals surface area (Å²) in [6, 6.07) is 12.3. The Morgan fingerprint density at radius 3 is 2.50 bits per heavy atom. The van der Waals surface area contributed by atoms with Gasteiger partial charge in [-0.1, -0.05) is 37.3 Å². The Labute approximate surface area is 120 Å². The van der Waals surface area contributed by atoms with E-state index in [1.807, 2.05) is 37.4 Å². The molecule has 106 valence electrons. The van der Waals surface area contributed by atoms with Crippen LogP contribution in [0, 0.1) is 13.8 Å². The number of aromatic nitrogens is 1. The van der Waals surface area contributed by atoms with Gasteiger partial charge in [0.15, 0.2) is 0 Å². The maximum Gasteiger partial charge on any atom is 0.253 e. The molecule has 0 aliphatic rings. The first-order valence-corrected chi connectivity index (χ1v) is 7.08. The van der Waals surface area contributed by atoms with Crippen LogP contribution in [0.1, 0.15) is 29.7 Å². The van der Waals surface area contributed by atoms with Crippen LogP contribution in [0.2, 0.25) is 0 Å². The van der Waals surface area contributed by atoms with Crippen LogP contribution >= 0.6 is 0 Å². The number of likely N-dealkylation sites (N-methyl/N-ethyl adjacent to an activating group) is 1. The summed E-state index contributed by atoms with van der Waals surface area (Å²) in [5.74, 6) is 0. The van der Waals surface area contributed by atoms with Gasteiger partial charge in [0.2, 0.25) is 0 Å². The topological polar surface area (TPSA) is 34.0 Å². The standard InChI is InChI=1S/C17H22N2O/c1-4-18-16(15-10-6-5-8-13(15)2)12-19-11-7-9-14(3)17(19)20/h5-11,16,18H,4,12H2,1-3H3. The van der Waals surface area contributed by atoms with E-state index in [1.165, 1.54) is 11.1 Å². The molecule has 1 N–H and O–H groups in total. The zero-order chi connectivity index (χ0) is 14.5. The minimum absolute atomic E-state index is 0.0870. The van der Waals surface area contributed by atoms with Crippen LogP contribution < -0.4 is 10.9 Å². The van der Waals surface area contributed by atoms with E-state index >= 15 is 0 Å². The average molecular weight is 270 g/mol. The first-order chi connectivity index (χ1) is 9.63. The Bertz CT molecular complexity index is 631. The zero-order valence-electron chi connectivity index (χ0n) is 12.4. The van der Waals surface area contributed by atoms with E-state index in [0.29, 0.717) is 6.54 Å².